The summed E-state index contributed by atoms with van der Waals surface area (Å²) in [6.07, 6.45) is 0. The van der Waals surface area contributed by atoms with Crippen LogP contribution in [0.1, 0.15) is 12.5 Å². The van der Waals surface area contributed by atoms with Gasteiger partial charge in [0.25, 0.3) is 0 Å². The Morgan fingerprint density at radius 1 is 1.18 bits per heavy atom. The van der Waals surface area contributed by atoms with Crippen molar-refractivity contribution in [1.29, 1.82) is 0 Å². The molecular weight excluding hydrogens is 283 g/mol. The van der Waals surface area contributed by atoms with Crippen molar-refractivity contribution in [2.45, 2.75) is 13.8 Å². The fraction of sp³-hybridized carbons (Fsp3) is 0.235. The molecule has 2 aromatic rings. The van der Waals surface area contributed by atoms with Crippen LogP contribution in [0.2, 0.25) is 0 Å². The molecule has 2 N–H and O–H groups in total. The Balaban J connectivity index is 1.87. The minimum absolute atomic E-state index is 0.111. The van der Waals surface area contributed by atoms with Gasteiger partial charge < -0.3 is 15.4 Å². The molecule has 2 rings (SSSR count). The molecule has 22 heavy (non-hydrogen) atoms. The van der Waals surface area contributed by atoms with Crippen molar-refractivity contribution in [2.75, 3.05) is 23.8 Å². The zero-order valence-corrected chi connectivity index (χ0v) is 12.7. The highest BCUT2D eigenvalue weighted by atomic mass is 19.1. The van der Waals surface area contributed by atoms with Crippen LogP contribution in [-0.4, -0.2) is 19.1 Å². The predicted octanol–water partition coefficient (Wildman–Crippen LogP) is 3.58. The molecule has 0 saturated heterocycles. The summed E-state index contributed by atoms with van der Waals surface area (Å²) >= 11 is 0. The summed E-state index contributed by atoms with van der Waals surface area (Å²) in [6.45, 7) is 4.42. The number of carbonyl (C=O) groups excluding carboxylic acids is 1. The van der Waals surface area contributed by atoms with Gasteiger partial charge in [-0.1, -0.05) is 0 Å². The van der Waals surface area contributed by atoms with Gasteiger partial charge in [0.05, 0.1) is 13.2 Å². The number of ether oxygens (including phenoxy) is 1. The number of carbonyl (C=O) groups is 1. The van der Waals surface area contributed by atoms with Crippen molar-refractivity contribution < 1.29 is 13.9 Å². The summed E-state index contributed by atoms with van der Waals surface area (Å²) in [6, 6.07) is 11.6. The molecule has 5 heteroatoms. The van der Waals surface area contributed by atoms with Crippen LogP contribution < -0.4 is 15.4 Å². The van der Waals surface area contributed by atoms with E-state index >= 15 is 0 Å². The molecule has 0 aliphatic rings. The Morgan fingerprint density at radius 3 is 2.55 bits per heavy atom. The lowest BCUT2D eigenvalue weighted by molar-refractivity contribution is -0.114. The number of nitrogens with one attached hydrogen (secondary N) is 2. The third-order valence-corrected chi connectivity index (χ3v) is 3.08. The molecule has 0 heterocycles. The molecule has 116 valence electrons. The van der Waals surface area contributed by atoms with Crippen molar-refractivity contribution in [2.24, 2.45) is 0 Å². The topological polar surface area (TPSA) is 50.4 Å². The number of benzene rings is 2. The van der Waals surface area contributed by atoms with Crippen molar-refractivity contribution >= 4 is 17.3 Å². The largest absolute Gasteiger partial charge is 0.494 e. The SMILES string of the molecule is CCOc1ccc(NC(=O)CNc2ccc(F)cc2C)cc1. The monoisotopic (exact) mass is 302 g/mol. The standard InChI is InChI=1S/C17H19FN2O2/c1-3-22-15-7-5-14(6-8-15)20-17(21)11-19-16-9-4-13(18)10-12(16)2/h4-10,19H,3,11H2,1-2H3,(H,20,21). The van der Waals surface area contributed by atoms with E-state index in [0.717, 1.165) is 17.0 Å². The Bertz CT molecular complexity index is 642. The van der Waals surface area contributed by atoms with Gasteiger partial charge in [-0.15, -0.1) is 0 Å². The Labute approximate surface area is 129 Å². The molecule has 4 nitrogen and oxygen atoms in total. The highest BCUT2D eigenvalue weighted by molar-refractivity contribution is 5.93. The van der Waals surface area contributed by atoms with E-state index in [4.69, 9.17) is 4.74 Å². The summed E-state index contributed by atoms with van der Waals surface area (Å²) in [5.74, 6) is 0.301. The summed E-state index contributed by atoms with van der Waals surface area (Å²) in [7, 11) is 0. The summed E-state index contributed by atoms with van der Waals surface area (Å²) in [5.41, 5.74) is 2.20. The minimum Gasteiger partial charge on any atom is -0.494 e. The van der Waals surface area contributed by atoms with Gasteiger partial charge in [0.15, 0.2) is 0 Å². The van der Waals surface area contributed by atoms with E-state index in [1.807, 2.05) is 6.92 Å². The first-order valence-corrected chi connectivity index (χ1v) is 7.11. The van der Waals surface area contributed by atoms with Gasteiger partial charge in [-0.2, -0.15) is 0 Å². The maximum atomic E-state index is 13.0. The second-order valence-corrected chi connectivity index (χ2v) is 4.82. The fourth-order valence-corrected chi connectivity index (χ4v) is 2.01. The first-order chi connectivity index (χ1) is 10.6. The molecular formula is C17H19FN2O2. The number of hydrogen-bond donors (Lipinski definition) is 2. The molecule has 0 atom stereocenters. The lowest BCUT2D eigenvalue weighted by Gasteiger charge is -2.10. The number of anilines is 2. The second kappa shape index (κ2) is 7.45. The summed E-state index contributed by atoms with van der Waals surface area (Å²) in [4.78, 5) is 11.9. The molecule has 0 fully saturated rings. The third kappa shape index (κ3) is 4.48. The Kier molecular flexibility index (Phi) is 5.36. The zero-order chi connectivity index (χ0) is 15.9. The number of rotatable bonds is 6. The number of aryl methyl sites for hydroxylation is 1. The van der Waals surface area contributed by atoms with E-state index in [1.54, 1.807) is 37.3 Å². The van der Waals surface area contributed by atoms with E-state index in [2.05, 4.69) is 10.6 Å². The Hall–Kier alpha value is -2.56. The molecule has 0 bridgehead atoms. The first kappa shape index (κ1) is 15.8. The van der Waals surface area contributed by atoms with Crippen molar-refractivity contribution in [1.82, 2.24) is 0 Å². The number of halogens is 1. The maximum absolute atomic E-state index is 13.0. The average molecular weight is 302 g/mol. The Morgan fingerprint density at radius 2 is 1.91 bits per heavy atom. The van der Waals surface area contributed by atoms with Crippen LogP contribution in [0.5, 0.6) is 5.75 Å². The first-order valence-electron chi connectivity index (χ1n) is 7.11. The van der Waals surface area contributed by atoms with Crippen molar-refractivity contribution in [3.63, 3.8) is 0 Å². The van der Waals surface area contributed by atoms with Crippen LogP contribution >= 0.6 is 0 Å². The van der Waals surface area contributed by atoms with Crippen LogP contribution in [0, 0.1) is 12.7 Å². The van der Waals surface area contributed by atoms with Crippen LogP contribution in [0.4, 0.5) is 15.8 Å². The third-order valence-electron chi connectivity index (χ3n) is 3.08. The van der Waals surface area contributed by atoms with Gasteiger partial charge in [-0.05, 0) is 61.9 Å². The molecule has 2 aromatic carbocycles. The summed E-state index contributed by atoms with van der Waals surface area (Å²) < 4.78 is 18.3. The minimum atomic E-state index is -0.290. The van der Waals surface area contributed by atoms with E-state index in [1.165, 1.54) is 12.1 Å². The summed E-state index contributed by atoms with van der Waals surface area (Å²) in [5, 5.41) is 5.77. The molecule has 0 saturated carbocycles. The quantitative estimate of drug-likeness (QED) is 0.857. The highest BCUT2D eigenvalue weighted by Gasteiger charge is 2.05. The molecule has 0 radical (unpaired) electrons. The van der Waals surface area contributed by atoms with E-state index in [-0.39, 0.29) is 18.3 Å². The maximum Gasteiger partial charge on any atom is 0.243 e. The van der Waals surface area contributed by atoms with Gasteiger partial charge >= 0.3 is 0 Å². The smallest absolute Gasteiger partial charge is 0.243 e. The molecule has 0 aromatic heterocycles. The number of amides is 1. The molecule has 0 aliphatic carbocycles. The normalized spacial score (nSPS) is 10.1. The molecule has 0 aliphatic heterocycles. The van der Waals surface area contributed by atoms with Gasteiger partial charge in [-0.25, -0.2) is 4.39 Å². The average Bonchev–Trinajstić information content (AvgIpc) is 2.49. The fourth-order valence-electron chi connectivity index (χ4n) is 2.01. The van der Waals surface area contributed by atoms with Crippen LogP contribution in [-0.2, 0) is 4.79 Å². The van der Waals surface area contributed by atoms with E-state index < -0.39 is 0 Å². The van der Waals surface area contributed by atoms with Gasteiger partial charge in [0.1, 0.15) is 11.6 Å². The van der Waals surface area contributed by atoms with Crippen LogP contribution in [0.15, 0.2) is 42.5 Å². The van der Waals surface area contributed by atoms with Crippen molar-refractivity contribution in [3.8, 4) is 5.75 Å². The van der Waals surface area contributed by atoms with Gasteiger partial charge in [0.2, 0.25) is 5.91 Å². The number of hydrogen-bond acceptors (Lipinski definition) is 3. The van der Waals surface area contributed by atoms with Crippen molar-refractivity contribution in [3.05, 3.63) is 53.8 Å². The van der Waals surface area contributed by atoms with Gasteiger partial charge in [0, 0.05) is 11.4 Å². The van der Waals surface area contributed by atoms with E-state index in [9.17, 15) is 9.18 Å². The van der Waals surface area contributed by atoms with Crippen LogP contribution in [0.25, 0.3) is 0 Å². The molecule has 1 amide bonds. The lowest BCUT2D eigenvalue weighted by Crippen LogP contribution is -2.22. The lowest BCUT2D eigenvalue weighted by atomic mass is 10.2. The highest BCUT2D eigenvalue weighted by Crippen LogP contribution is 2.17. The van der Waals surface area contributed by atoms with E-state index in [0.29, 0.717) is 12.3 Å². The van der Waals surface area contributed by atoms with Gasteiger partial charge in [-0.3, -0.25) is 4.79 Å². The van der Waals surface area contributed by atoms with Crippen LogP contribution in [0.3, 0.4) is 0 Å². The second-order valence-electron chi connectivity index (χ2n) is 4.82. The predicted molar refractivity (Wildman–Crippen MR) is 85.9 cm³/mol. The zero-order valence-electron chi connectivity index (χ0n) is 12.7. The molecule has 0 spiro atoms. The molecule has 0 unspecified atom stereocenters.